The molecule has 0 bridgehead atoms. The Balaban J connectivity index is 1.33. The minimum atomic E-state index is -0.144. The molecule has 2 heterocycles. The van der Waals surface area contributed by atoms with Crippen LogP contribution in [0.25, 0.3) is 0 Å². The zero-order chi connectivity index (χ0) is 21.5. The quantitative estimate of drug-likeness (QED) is 0.491. The Hall–Kier alpha value is -2.76. The summed E-state index contributed by atoms with van der Waals surface area (Å²) >= 11 is 0. The van der Waals surface area contributed by atoms with Crippen LogP contribution in [0.5, 0.6) is 11.5 Å². The van der Waals surface area contributed by atoms with Crippen LogP contribution in [0.4, 0.5) is 0 Å². The predicted octanol–water partition coefficient (Wildman–Crippen LogP) is 4.92. The van der Waals surface area contributed by atoms with Crippen LogP contribution in [0, 0.1) is 6.92 Å². The van der Waals surface area contributed by atoms with E-state index >= 15 is 0 Å². The van der Waals surface area contributed by atoms with Crippen molar-refractivity contribution in [2.45, 2.75) is 26.0 Å². The van der Waals surface area contributed by atoms with Crippen molar-refractivity contribution >= 4 is 0 Å². The summed E-state index contributed by atoms with van der Waals surface area (Å²) < 4.78 is 17.6. The molecule has 0 saturated carbocycles. The van der Waals surface area contributed by atoms with Crippen LogP contribution in [0.15, 0.2) is 71.3 Å². The molecule has 0 N–H and O–H groups in total. The van der Waals surface area contributed by atoms with E-state index in [4.69, 9.17) is 13.9 Å². The highest BCUT2D eigenvalue weighted by molar-refractivity contribution is 5.42. The normalized spacial score (nSPS) is 16.2. The van der Waals surface area contributed by atoms with E-state index in [1.165, 1.54) is 5.56 Å². The lowest BCUT2D eigenvalue weighted by Crippen LogP contribution is -2.46. The standard InChI is InChI=1S/C26H32N2O3/c1-21-10-11-24(26(19-21)29-2)31-25(23-9-6-18-30-23)12-13-27-14-16-28(17-15-27)20-22-7-4-3-5-8-22/h3-11,18-19,25H,12-17,20H2,1-2H3. The first kappa shape index (κ1) is 21.5. The molecule has 1 unspecified atom stereocenters. The maximum Gasteiger partial charge on any atom is 0.162 e. The van der Waals surface area contributed by atoms with Gasteiger partial charge in [0.15, 0.2) is 17.6 Å². The number of methoxy groups -OCH3 is 1. The van der Waals surface area contributed by atoms with E-state index in [1.807, 2.05) is 37.3 Å². The van der Waals surface area contributed by atoms with Gasteiger partial charge in [0.05, 0.1) is 13.4 Å². The minimum Gasteiger partial charge on any atom is -0.493 e. The summed E-state index contributed by atoms with van der Waals surface area (Å²) in [5.74, 6) is 2.36. The molecule has 0 spiro atoms. The fourth-order valence-electron chi connectivity index (χ4n) is 4.07. The fourth-order valence-corrected chi connectivity index (χ4v) is 4.07. The first-order valence-corrected chi connectivity index (χ1v) is 11.0. The lowest BCUT2D eigenvalue weighted by molar-refractivity contribution is 0.0989. The predicted molar refractivity (Wildman–Crippen MR) is 123 cm³/mol. The second-order valence-corrected chi connectivity index (χ2v) is 8.17. The smallest absolute Gasteiger partial charge is 0.162 e. The summed E-state index contributed by atoms with van der Waals surface area (Å²) in [6.07, 6.45) is 2.43. The van der Waals surface area contributed by atoms with Gasteiger partial charge in [-0.1, -0.05) is 36.4 Å². The number of piperazine rings is 1. The van der Waals surface area contributed by atoms with E-state index in [0.29, 0.717) is 0 Å². The number of furan rings is 1. The SMILES string of the molecule is COc1cc(C)ccc1OC(CCN1CCN(Cc2ccccc2)CC1)c1ccco1. The van der Waals surface area contributed by atoms with Crippen molar-refractivity contribution in [3.05, 3.63) is 83.8 Å². The molecule has 164 valence electrons. The zero-order valence-electron chi connectivity index (χ0n) is 18.5. The zero-order valence-corrected chi connectivity index (χ0v) is 18.5. The molecule has 5 nitrogen and oxygen atoms in total. The van der Waals surface area contributed by atoms with Crippen LogP contribution >= 0.6 is 0 Å². The molecule has 1 aliphatic rings. The van der Waals surface area contributed by atoms with Crippen molar-refractivity contribution in [1.29, 1.82) is 0 Å². The van der Waals surface area contributed by atoms with Crippen LogP contribution in [0.2, 0.25) is 0 Å². The van der Waals surface area contributed by atoms with Crippen molar-refractivity contribution in [3.63, 3.8) is 0 Å². The molecule has 1 saturated heterocycles. The Morgan fingerprint density at radius 2 is 1.68 bits per heavy atom. The Bertz CT molecular complexity index is 919. The Morgan fingerprint density at radius 3 is 2.39 bits per heavy atom. The van der Waals surface area contributed by atoms with Crippen molar-refractivity contribution in [1.82, 2.24) is 9.80 Å². The third kappa shape index (κ3) is 5.90. The van der Waals surface area contributed by atoms with E-state index in [-0.39, 0.29) is 6.10 Å². The third-order valence-electron chi connectivity index (χ3n) is 5.87. The number of hydrogen-bond donors (Lipinski definition) is 0. The van der Waals surface area contributed by atoms with E-state index in [1.54, 1.807) is 13.4 Å². The van der Waals surface area contributed by atoms with E-state index in [2.05, 4.69) is 40.1 Å². The van der Waals surface area contributed by atoms with Gasteiger partial charge in [0, 0.05) is 45.7 Å². The highest BCUT2D eigenvalue weighted by Gasteiger charge is 2.22. The van der Waals surface area contributed by atoms with Gasteiger partial charge >= 0.3 is 0 Å². The van der Waals surface area contributed by atoms with Gasteiger partial charge in [0.25, 0.3) is 0 Å². The Morgan fingerprint density at radius 1 is 0.903 bits per heavy atom. The maximum absolute atomic E-state index is 6.37. The average molecular weight is 421 g/mol. The first-order chi connectivity index (χ1) is 15.2. The van der Waals surface area contributed by atoms with Gasteiger partial charge in [-0.3, -0.25) is 4.90 Å². The molecule has 3 aromatic rings. The number of benzene rings is 2. The van der Waals surface area contributed by atoms with Gasteiger partial charge in [0.2, 0.25) is 0 Å². The van der Waals surface area contributed by atoms with Crippen LogP contribution in [0.1, 0.15) is 29.4 Å². The molecule has 5 heteroatoms. The van der Waals surface area contributed by atoms with Gasteiger partial charge < -0.3 is 18.8 Å². The molecular formula is C26H32N2O3. The summed E-state index contributed by atoms with van der Waals surface area (Å²) in [6, 6.07) is 20.6. The molecule has 2 aromatic carbocycles. The number of rotatable bonds is 9. The Labute approximate surface area is 185 Å². The topological polar surface area (TPSA) is 38.1 Å². The molecular weight excluding hydrogens is 388 g/mol. The summed E-state index contributed by atoms with van der Waals surface area (Å²) in [6.45, 7) is 8.38. The van der Waals surface area contributed by atoms with Crippen LogP contribution < -0.4 is 9.47 Å². The molecule has 1 aliphatic heterocycles. The van der Waals surface area contributed by atoms with Crippen molar-refractivity contribution in [2.75, 3.05) is 39.8 Å². The molecule has 1 atom stereocenters. The molecule has 0 radical (unpaired) electrons. The molecule has 31 heavy (non-hydrogen) atoms. The second kappa shape index (κ2) is 10.5. The fraction of sp³-hybridized carbons (Fsp3) is 0.385. The average Bonchev–Trinajstić information content (AvgIpc) is 3.34. The number of hydrogen-bond acceptors (Lipinski definition) is 5. The van der Waals surface area contributed by atoms with Crippen LogP contribution in [-0.2, 0) is 6.54 Å². The van der Waals surface area contributed by atoms with Crippen molar-refractivity contribution in [2.24, 2.45) is 0 Å². The van der Waals surface area contributed by atoms with Gasteiger partial charge in [-0.25, -0.2) is 0 Å². The first-order valence-electron chi connectivity index (χ1n) is 11.0. The summed E-state index contributed by atoms with van der Waals surface area (Å²) in [7, 11) is 1.68. The van der Waals surface area contributed by atoms with Gasteiger partial charge in [-0.05, 0) is 42.3 Å². The second-order valence-electron chi connectivity index (χ2n) is 8.17. The highest BCUT2D eigenvalue weighted by Crippen LogP contribution is 2.33. The monoisotopic (exact) mass is 420 g/mol. The Kier molecular flexibility index (Phi) is 7.28. The third-order valence-corrected chi connectivity index (χ3v) is 5.87. The van der Waals surface area contributed by atoms with Gasteiger partial charge in [0.1, 0.15) is 5.76 Å². The summed E-state index contributed by atoms with van der Waals surface area (Å²) in [5, 5.41) is 0. The van der Waals surface area contributed by atoms with Crippen molar-refractivity contribution < 1.29 is 13.9 Å². The molecule has 1 aromatic heterocycles. The van der Waals surface area contributed by atoms with Crippen LogP contribution in [0.3, 0.4) is 0 Å². The van der Waals surface area contributed by atoms with E-state index in [9.17, 15) is 0 Å². The van der Waals surface area contributed by atoms with E-state index < -0.39 is 0 Å². The number of aryl methyl sites for hydroxylation is 1. The number of nitrogens with zero attached hydrogens (tertiary/aromatic N) is 2. The molecule has 1 fully saturated rings. The molecule has 4 rings (SSSR count). The molecule has 0 amide bonds. The van der Waals surface area contributed by atoms with E-state index in [0.717, 1.165) is 68.5 Å². The van der Waals surface area contributed by atoms with Gasteiger partial charge in [-0.15, -0.1) is 0 Å². The van der Waals surface area contributed by atoms with Gasteiger partial charge in [-0.2, -0.15) is 0 Å². The lowest BCUT2D eigenvalue weighted by atomic mass is 10.1. The summed E-state index contributed by atoms with van der Waals surface area (Å²) in [4.78, 5) is 5.05. The summed E-state index contributed by atoms with van der Waals surface area (Å²) in [5.41, 5.74) is 2.53. The van der Waals surface area contributed by atoms with Crippen LogP contribution in [-0.4, -0.2) is 49.6 Å². The lowest BCUT2D eigenvalue weighted by Gasteiger charge is -2.35. The van der Waals surface area contributed by atoms with Crippen molar-refractivity contribution in [3.8, 4) is 11.5 Å². The minimum absolute atomic E-state index is 0.144. The maximum atomic E-state index is 6.37. The highest BCUT2D eigenvalue weighted by atomic mass is 16.5. The molecule has 0 aliphatic carbocycles. The number of ether oxygens (including phenoxy) is 2. The largest absolute Gasteiger partial charge is 0.493 e.